The Kier molecular flexibility index (Phi) is 4.61. The third kappa shape index (κ3) is 3.30. The summed E-state index contributed by atoms with van der Waals surface area (Å²) < 4.78 is 5.11. The van der Waals surface area contributed by atoms with Crippen LogP contribution in [0.15, 0.2) is 41.8 Å². The molecule has 1 N–H and O–H groups in total. The van der Waals surface area contributed by atoms with Gasteiger partial charge in [0.25, 0.3) is 5.91 Å². The first kappa shape index (κ1) is 16.2. The van der Waals surface area contributed by atoms with Gasteiger partial charge in [-0.2, -0.15) is 0 Å². The number of fused-ring (bicyclic) bond motifs is 1. The predicted octanol–water partition coefficient (Wildman–Crippen LogP) is 2.67. The molecule has 6 nitrogen and oxygen atoms in total. The topological polar surface area (TPSA) is 75.7 Å². The van der Waals surface area contributed by atoms with Crippen LogP contribution in [0.25, 0.3) is 0 Å². The molecule has 2 heterocycles. The van der Waals surface area contributed by atoms with E-state index in [9.17, 15) is 14.4 Å². The lowest BCUT2D eigenvalue weighted by atomic mass is 10.1. The van der Waals surface area contributed by atoms with Gasteiger partial charge in [0, 0.05) is 12.5 Å². The minimum Gasteiger partial charge on any atom is -0.451 e. The quantitative estimate of drug-likeness (QED) is 0.869. The molecule has 1 aromatic heterocycles. The Hall–Kier alpha value is -2.67. The summed E-state index contributed by atoms with van der Waals surface area (Å²) in [4.78, 5) is 38.4. The van der Waals surface area contributed by atoms with Gasteiger partial charge in [-0.15, -0.1) is 11.3 Å². The van der Waals surface area contributed by atoms with Crippen LogP contribution in [0, 0.1) is 0 Å². The summed E-state index contributed by atoms with van der Waals surface area (Å²) in [5.41, 5.74) is 1.18. The molecule has 0 spiro atoms. The molecule has 0 saturated heterocycles. The van der Waals surface area contributed by atoms with E-state index in [1.807, 2.05) is 0 Å². The van der Waals surface area contributed by atoms with Crippen LogP contribution < -0.4 is 10.2 Å². The smallest absolute Gasteiger partial charge is 0.348 e. The molecule has 1 atom stereocenters. The van der Waals surface area contributed by atoms with E-state index in [0.717, 1.165) is 0 Å². The van der Waals surface area contributed by atoms with E-state index in [4.69, 9.17) is 4.74 Å². The number of rotatable bonds is 3. The molecule has 1 aromatic carbocycles. The van der Waals surface area contributed by atoms with Crippen LogP contribution in [0.2, 0.25) is 0 Å². The van der Waals surface area contributed by atoms with Crippen molar-refractivity contribution in [2.75, 3.05) is 16.8 Å². The fraction of sp³-hybridized carbons (Fsp3) is 0.235. The van der Waals surface area contributed by atoms with Crippen molar-refractivity contribution in [2.45, 2.75) is 19.4 Å². The second kappa shape index (κ2) is 6.84. The van der Waals surface area contributed by atoms with Crippen LogP contribution in [-0.4, -0.2) is 30.4 Å². The highest BCUT2D eigenvalue weighted by molar-refractivity contribution is 7.11. The molecule has 0 bridgehead atoms. The maximum Gasteiger partial charge on any atom is 0.348 e. The fourth-order valence-electron chi connectivity index (χ4n) is 2.63. The number of nitrogens with one attached hydrogen (secondary N) is 1. The van der Waals surface area contributed by atoms with Gasteiger partial charge < -0.3 is 15.0 Å². The number of benzene rings is 1. The van der Waals surface area contributed by atoms with Gasteiger partial charge in [0.15, 0.2) is 6.61 Å². The van der Waals surface area contributed by atoms with E-state index < -0.39 is 5.97 Å². The zero-order valence-corrected chi connectivity index (χ0v) is 13.8. The minimum absolute atomic E-state index is 0.152. The van der Waals surface area contributed by atoms with E-state index in [2.05, 4.69) is 5.32 Å². The third-order valence-electron chi connectivity index (χ3n) is 3.68. The number of ether oxygens (including phenoxy) is 1. The normalized spacial score (nSPS) is 16.8. The Morgan fingerprint density at radius 3 is 2.83 bits per heavy atom. The highest BCUT2D eigenvalue weighted by Crippen LogP contribution is 2.31. The van der Waals surface area contributed by atoms with Crippen molar-refractivity contribution in [3.63, 3.8) is 0 Å². The van der Waals surface area contributed by atoms with Crippen molar-refractivity contribution in [3.05, 3.63) is 46.7 Å². The molecule has 0 radical (unpaired) electrons. The Bertz CT molecular complexity index is 773. The van der Waals surface area contributed by atoms with Gasteiger partial charge in [-0.3, -0.25) is 9.59 Å². The summed E-state index contributed by atoms with van der Waals surface area (Å²) in [7, 11) is 0. The standard InChI is InChI=1S/C17H16N2O4S/c1-11-9-15(20)18-12-5-2-3-6-13(12)19(11)16(21)10-23-17(22)14-7-4-8-24-14/h2-8,11H,9-10H2,1H3,(H,18,20)/t11-/m0/s1. The SMILES string of the molecule is C[C@H]1CC(=O)Nc2ccccc2N1C(=O)COC(=O)c1cccs1. The number of carbonyl (C=O) groups is 3. The van der Waals surface area contributed by atoms with Crippen LogP contribution in [0.4, 0.5) is 11.4 Å². The monoisotopic (exact) mass is 344 g/mol. The highest BCUT2D eigenvalue weighted by atomic mass is 32.1. The summed E-state index contributed by atoms with van der Waals surface area (Å²) in [6, 6.07) is 10.1. The third-order valence-corrected chi connectivity index (χ3v) is 4.53. The first-order valence-corrected chi connectivity index (χ1v) is 8.36. The second-order valence-electron chi connectivity index (χ2n) is 5.44. The summed E-state index contributed by atoms with van der Waals surface area (Å²) in [6.07, 6.45) is 0.180. The fourth-order valence-corrected chi connectivity index (χ4v) is 3.25. The van der Waals surface area contributed by atoms with E-state index in [1.54, 1.807) is 48.7 Å². The molecule has 3 rings (SSSR count). The number of para-hydroxylation sites is 2. The summed E-state index contributed by atoms with van der Waals surface area (Å²) in [5, 5.41) is 4.55. The van der Waals surface area contributed by atoms with Crippen molar-refractivity contribution in [1.82, 2.24) is 0 Å². The second-order valence-corrected chi connectivity index (χ2v) is 6.38. The molecule has 7 heteroatoms. The van der Waals surface area contributed by atoms with E-state index in [1.165, 1.54) is 16.2 Å². The highest BCUT2D eigenvalue weighted by Gasteiger charge is 2.30. The number of hydrogen-bond donors (Lipinski definition) is 1. The lowest BCUT2D eigenvalue weighted by molar-refractivity contribution is -0.122. The number of hydrogen-bond acceptors (Lipinski definition) is 5. The number of thiophene rings is 1. The first-order chi connectivity index (χ1) is 11.6. The molecule has 24 heavy (non-hydrogen) atoms. The molecule has 2 amide bonds. The number of carbonyl (C=O) groups excluding carboxylic acids is 3. The largest absolute Gasteiger partial charge is 0.451 e. The lowest BCUT2D eigenvalue weighted by Gasteiger charge is -2.27. The minimum atomic E-state index is -0.525. The molecule has 0 unspecified atom stereocenters. The number of esters is 1. The zero-order chi connectivity index (χ0) is 17.1. The summed E-state index contributed by atoms with van der Waals surface area (Å²) in [5.74, 6) is -1.04. The zero-order valence-electron chi connectivity index (χ0n) is 13.0. The molecule has 0 saturated carbocycles. The molecule has 2 aromatic rings. The van der Waals surface area contributed by atoms with Crippen molar-refractivity contribution in [1.29, 1.82) is 0 Å². The van der Waals surface area contributed by atoms with E-state index in [0.29, 0.717) is 16.3 Å². The summed E-state index contributed by atoms with van der Waals surface area (Å²) >= 11 is 1.26. The summed E-state index contributed by atoms with van der Waals surface area (Å²) in [6.45, 7) is 1.42. The maximum absolute atomic E-state index is 12.6. The predicted molar refractivity (Wildman–Crippen MR) is 91.2 cm³/mol. The molecule has 124 valence electrons. The van der Waals surface area contributed by atoms with Crippen LogP contribution in [0.5, 0.6) is 0 Å². The molecule has 1 aliphatic heterocycles. The van der Waals surface area contributed by atoms with Gasteiger partial charge in [0.05, 0.1) is 11.4 Å². The lowest BCUT2D eigenvalue weighted by Crippen LogP contribution is -2.41. The Labute approximate surface area is 143 Å². The number of amides is 2. The molecule has 1 aliphatic rings. The van der Waals surface area contributed by atoms with Crippen molar-refractivity contribution in [2.24, 2.45) is 0 Å². The van der Waals surface area contributed by atoms with Gasteiger partial charge in [-0.05, 0) is 30.5 Å². The van der Waals surface area contributed by atoms with Crippen LogP contribution in [0.3, 0.4) is 0 Å². The average molecular weight is 344 g/mol. The molecule has 0 fully saturated rings. The molecular weight excluding hydrogens is 328 g/mol. The Morgan fingerprint density at radius 1 is 1.29 bits per heavy atom. The maximum atomic E-state index is 12.6. The van der Waals surface area contributed by atoms with Crippen molar-refractivity contribution < 1.29 is 19.1 Å². The number of anilines is 2. The van der Waals surface area contributed by atoms with Gasteiger partial charge in [-0.1, -0.05) is 18.2 Å². The van der Waals surface area contributed by atoms with Crippen LogP contribution in [0.1, 0.15) is 23.0 Å². The average Bonchev–Trinajstić information content (AvgIpc) is 3.04. The molecule has 0 aliphatic carbocycles. The van der Waals surface area contributed by atoms with Gasteiger partial charge in [0.1, 0.15) is 4.88 Å². The Balaban J connectivity index is 1.78. The number of nitrogens with zero attached hydrogens (tertiary/aromatic N) is 1. The van der Waals surface area contributed by atoms with Crippen molar-refractivity contribution >= 4 is 40.5 Å². The van der Waals surface area contributed by atoms with E-state index >= 15 is 0 Å². The molecular formula is C17H16N2O4S. The van der Waals surface area contributed by atoms with E-state index in [-0.39, 0.29) is 30.9 Å². The van der Waals surface area contributed by atoms with Crippen molar-refractivity contribution in [3.8, 4) is 0 Å². The Morgan fingerprint density at radius 2 is 2.08 bits per heavy atom. The van der Waals surface area contributed by atoms with Gasteiger partial charge in [-0.25, -0.2) is 4.79 Å². The van der Waals surface area contributed by atoms with Crippen LogP contribution in [-0.2, 0) is 14.3 Å². The van der Waals surface area contributed by atoms with Crippen LogP contribution >= 0.6 is 11.3 Å². The van der Waals surface area contributed by atoms with Gasteiger partial charge >= 0.3 is 5.97 Å². The first-order valence-electron chi connectivity index (χ1n) is 7.48. The van der Waals surface area contributed by atoms with Gasteiger partial charge in [0.2, 0.25) is 5.91 Å².